The van der Waals surface area contributed by atoms with E-state index in [0.29, 0.717) is 19.1 Å². The summed E-state index contributed by atoms with van der Waals surface area (Å²) >= 11 is 0. The van der Waals surface area contributed by atoms with Gasteiger partial charge in [0.1, 0.15) is 5.82 Å². The second kappa shape index (κ2) is 9.66. The van der Waals surface area contributed by atoms with Gasteiger partial charge in [-0.3, -0.25) is 14.4 Å². The summed E-state index contributed by atoms with van der Waals surface area (Å²) < 4.78 is 41.0. The van der Waals surface area contributed by atoms with Crippen molar-refractivity contribution in [2.75, 3.05) is 24.4 Å². The number of hydrogen-bond donors (Lipinski definition) is 2. The average Bonchev–Trinajstić information content (AvgIpc) is 2.66. The second-order valence-corrected chi connectivity index (χ2v) is 8.27. The van der Waals surface area contributed by atoms with E-state index < -0.39 is 15.8 Å². The van der Waals surface area contributed by atoms with Crippen LogP contribution >= 0.6 is 0 Å². The number of carbonyl (C=O) groups excluding carboxylic acids is 1. The molecule has 2 rings (SSSR count). The zero-order chi connectivity index (χ0) is 20.7. The molecule has 1 amide bonds. The average molecular weight is 408 g/mol. The molecule has 152 valence electrons. The van der Waals surface area contributed by atoms with Gasteiger partial charge in [-0.15, -0.1) is 0 Å². The zero-order valence-corrected chi connectivity index (χ0v) is 17.1. The first-order chi connectivity index (χ1) is 13.2. The summed E-state index contributed by atoms with van der Waals surface area (Å²) in [6, 6.07) is 11.5. The summed E-state index contributed by atoms with van der Waals surface area (Å²) in [6.45, 7) is 8.26. The molecule has 28 heavy (non-hydrogen) atoms. The van der Waals surface area contributed by atoms with Gasteiger partial charge in [0.05, 0.1) is 10.6 Å². The third kappa shape index (κ3) is 5.77. The van der Waals surface area contributed by atoms with Crippen LogP contribution in [0.5, 0.6) is 0 Å². The molecular formula is C20H26FN3O3S. The molecule has 0 aliphatic carbocycles. The van der Waals surface area contributed by atoms with Crippen molar-refractivity contribution < 1.29 is 17.6 Å². The maximum Gasteiger partial charge on any atom is 0.262 e. The number of hydrogen-bond acceptors (Lipinski definition) is 4. The molecule has 0 radical (unpaired) electrons. The van der Waals surface area contributed by atoms with Gasteiger partial charge in [0.15, 0.2) is 0 Å². The fraction of sp³-hybridized carbons (Fsp3) is 0.350. The first-order valence-electron chi connectivity index (χ1n) is 9.14. The van der Waals surface area contributed by atoms with Crippen molar-refractivity contribution in [2.45, 2.75) is 31.7 Å². The summed E-state index contributed by atoms with van der Waals surface area (Å²) in [5, 5.41) is 2.80. The Bertz CT molecular complexity index is 916. The van der Waals surface area contributed by atoms with E-state index in [1.165, 1.54) is 48.5 Å². The van der Waals surface area contributed by atoms with Crippen LogP contribution in [-0.4, -0.2) is 44.9 Å². The van der Waals surface area contributed by atoms with E-state index in [1.54, 1.807) is 0 Å². The van der Waals surface area contributed by atoms with Crippen molar-refractivity contribution in [3.05, 3.63) is 59.9 Å². The SMILES string of the molecule is CCN(CCNC(=O)c1cccc(S(=O)(=O)Nc2ccccc2F)c1)C(C)C. The molecule has 8 heteroatoms. The van der Waals surface area contributed by atoms with Crippen LogP contribution in [0.2, 0.25) is 0 Å². The highest BCUT2D eigenvalue weighted by Crippen LogP contribution is 2.19. The first kappa shape index (κ1) is 21.8. The van der Waals surface area contributed by atoms with Gasteiger partial charge in [-0.05, 0) is 50.7 Å². The lowest BCUT2D eigenvalue weighted by molar-refractivity contribution is 0.0945. The number of benzene rings is 2. The Morgan fingerprint density at radius 2 is 1.86 bits per heavy atom. The lowest BCUT2D eigenvalue weighted by Gasteiger charge is -2.24. The summed E-state index contributed by atoms with van der Waals surface area (Å²) in [5.74, 6) is -1.03. The van der Waals surface area contributed by atoms with Gasteiger partial charge in [0.2, 0.25) is 0 Å². The zero-order valence-electron chi connectivity index (χ0n) is 16.3. The van der Waals surface area contributed by atoms with Gasteiger partial charge in [0.25, 0.3) is 15.9 Å². The topological polar surface area (TPSA) is 78.5 Å². The molecule has 2 N–H and O–H groups in total. The van der Waals surface area contributed by atoms with E-state index in [-0.39, 0.29) is 22.1 Å². The highest BCUT2D eigenvalue weighted by Gasteiger charge is 2.18. The molecule has 0 aromatic heterocycles. The number of halogens is 1. The lowest BCUT2D eigenvalue weighted by Crippen LogP contribution is -2.38. The molecule has 0 bridgehead atoms. The fourth-order valence-electron chi connectivity index (χ4n) is 2.75. The Morgan fingerprint density at radius 3 is 2.50 bits per heavy atom. The molecule has 0 atom stereocenters. The van der Waals surface area contributed by atoms with E-state index in [4.69, 9.17) is 0 Å². The van der Waals surface area contributed by atoms with Crippen LogP contribution < -0.4 is 10.0 Å². The Labute approximate surface area is 165 Å². The molecule has 0 fully saturated rings. The lowest BCUT2D eigenvalue weighted by atomic mass is 10.2. The van der Waals surface area contributed by atoms with Gasteiger partial charge < -0.3 is 5.32 Å². The number of sulfonamides is 1. The van der Waals surface area contributed by atoms with Gasteiger partial charge in [-0.1, -0.05) is 25.1 Å². The van der Waals surface area contributed by atoms with Crippen molar-refractivity contribution in [3.8, 4) is 0 Å². The van der Waals surface area contributed by atoms with Crippen LogP contribution in [0.25, 0.3) is 0 Å². The maximum atomic E-state index is 13.7. The molecule has 0 saturated heterocycles. The molecule has 2 aromatic carbocycles. The van der Waals surface area contributed by atoms with Crippen LogP contribution in [-0.2, 0) is 10.0 Å². The number of para-hydroxylation sites is 1. The molecule has 6 nitrogen and oxygen atoms in total. The van der Waals surface area contributed by atoms with Crippen molar-refractivity contribution in [1.29, 1.82) is 0 Å². The van der Waals surface area contributed by atoms with Gasteiger partial charge in [-0.2, -0.15) is 0 Å². The molecule has 0 aliphatic heterocycles. The van der Waals surface area contributed by atoms with Crippen LogP contribution in [0, 0.1) is 5.82 Å². The van der Waals surface area contributed by atoms with Crippen molar-refractivity contribution in [3.63, 3.8) is 0 Å². The first-order valence-corrected chi connectivity index (χ1v) is 10.6. The number of nitrogens with zero attached hydrogens (tertiary/aromatic N) is 1. The van der Waals surface area contributed by atoms with Gasteiger partial charge in [0, 0.05) is 24.7 Å². The molecular weight excluding hydrogens is 381 g/mol. The molecule has 0 unspecified atom stereocenters. The van der Waals surface area contributed by atoms with Crippen LogP contribution in [0.4, 0.5) is 10.1 Å². The second-order valence-electron chi connectivity index (χ2n) is 6.59. The molecule has 0 heterocycles. The highest BCUT2D eigenvalue weighted by molar-refractivity contribution is 7.92. The fourth-order valence-corrected chi connectivity index (χ4v) is 3.86. The number of rotatable bonds is 9. The Kier molecular flexibility index (Phi) is 7.53. The van der Waals surface area contributed by atoms with Crippen LogP contribution in [0.3, 0.4) is 0 Å². The van der Waals surface area contributed by atoms with Crippen molar-refractivity contribution >= 4 is 21.6 Å². The Balaban J connectivity index is 2.08. The standard InChI is InChI=1S/C20H26FN3O3S/c1-4-24(15(2)3)13-12-22-20(25)16-8-7-9-17(14-16)28(26,27)23-19-11-6-5-10-18(19)21/h5-11,14-15,23H,4,12-13H2,1-3H3,(H,22,25). The third-order valence-electron chi connectivity index (χ3n) is 4.35. The summed E-state index contributed by atoms with van der Waals surface area (Å²) in [7, 11) is -4.02. The minimum atomic E-state index is -4.02. The summed E-state index contributed by atoms with van der Waals surface area (Å²) in [5.41, 5.74) is 0.0784. The molecule has 0 saturated carbocycles. The van der Waals surface area contributed by atoms with Gasteiger partial charge in [-0.25, -0.2) is 12.8 Å². The Hall–Kier alpha value is -2.45. The number of likely N-dealkylation sites (N-methyl/N-ethyl adjacent to an activating group) is 1. The molecule has 0 spiro atoms. The van der Waals surface area contributed by atoms with Crippen molar-refractivity contribution in [2.24, 2.45) is 0 Å². The van der Waals surface area contributed by atoms with E-state index in [9.17, 15) is 17.6 Å². The van der Waals surface area contributed by atoms with Gasteiger partial charge >= 0.3 is 0 Å². The molecule has 0 aliphatic rings. The summed E-state index contributed by atoms with van der Waals surface area (Å²) in [4.78, 5) is 14.5. The maximum absolute atomic E-state index is 13.7. The smallest absolute Gasteiger partial charge is 0.262 e. The van der Waals surface area contributed by atoms with E-state index in [1.807, 2.05) is 0 Å². The van der Waals surface area contributed by atoms with Crippen LogP contribution in [0.1, 0.15) is 31.1 Å². The van der Waals surface area contributed by atoms with Crippen LogP contribution in [0.15, 0.2) is 53.4 Å². The minimum Gasteiger partial charge on any atom is -0.351 e. The Morgan fingerprint density at radius 1 is 1.14 bits per heavy atom. The number of anilines is 1. The monoisotopic (exact) mass is 407 g/mol. The summed E-state index contributed by atoms with van der Waals surface area (Å²) in [6.07, 6.45) is 0. The number of carbonyl (C=O) groups is 1. The third-order valence-corrected chi connectivity index (χ3v) is 5.71. The number of amides is 1. The number of nitrogens with one attached hydrogen (secondary N) is 2. The predicted molar refractivity (Wildman–Crippen MR) is 108 cm³/mol. The van der Waals surface area contributed by atoms with Crippen molar-refractivity contribution in [1.82, 2.24) is 10.2 Å². The minimum absolute atomic E-state index is 0.110. The normalized spacial score (nSPS) is 11.6. The quantitative estimate of drug-likeness (QED) is 0.670. The predicted octanol–water partition coefficient (Wildman–Crippen LogP) is 3.09. The van der Waals surface area contributed by atoms with E-state index in [0.717, 1.165) is 6.54 Å². The molecule has 2 aromatic rings. The van der Waals surface area contributed by atoms with E-state index >= 15 is 0 Å². The van der Waals surface area contributed by atoms with E-state index in [2.05, 4.69) is 35.7 Å². The highest BCUT2D eigenvalue weighted by atomic mass is 32.2. The largest absolute Gasteiger partial charge is 0.351 e.